The van der Waals surface area contributed by atoms with Crippen LogP contribution in [0.5, 0.6) is 0 Å². The second-order valence-electron chi connectivity index (χ2n) is 3.43. The number of hydrogen-bond donors (Lipinski definition) is 0. The van der Waals surface area contributed by atoms with Crippen LogP contribution in [-0.4, -0.2) is 42.0 Å². The summed E-state index contributed by atoms with van der Waals surface area (Å²) < 4.78 is 0. The number of nitrogens with zero attached hydrogens (tertiary/aromatic N) is 3. The molecule has 0 aromatic carbocycles. The van der Waals surface area contributed by atoms with Gasteiger partial charge >= 0.3 is 0 Å². The molecule has 1 heterocycles. The summed E-state index contributed by atoms with van der Waals surface area (Å²) in [5.41, 5.74) is 0. The summed E-state index contributed by atoms with van der Waals surface area (Å²) in [4.78, 5) is 4.14. The van der Waals surface area contributed by atoms with Gasteiger partial charge < -0.3 is 9.80 Å². The Hall–Kier alpha value is -0.750. The number of piperazine rings is 1. The molecule has 0 amide bonds. The third kappa shape index (κ3) is 3.23. The maximum Gasteiger partial charge on any atom is 0.179 e. The zero-order valence-electron chi connectivity index (χ0n) is 9.41. The molecular weight excluding hydrogens is 162 g/mol. The van der Waals surface area contributed by atoms with E-state index in [4.69, 9.17) is 5.26 Å². The fraction of sp³-hybridized carbons (Fsp3) is 0.900. The molecule has 1 fully saturated rings. The van der Waals surface area contributed by atoms with Crippen molar-refractivity contribution in [3.8, 4) is 6.19 Å². The standard InChI is InChI=1S/C8H15N3.C2H6/c1-7-4-10(3)5-8(2)11(7)6-9;1-2/h7-8H,4-5H2,1-3H3;1-2H3/t7-,8+;. The Labute approximate surface area is 81.9 Å². The second-order valence-corrected chi connectivity index (χ2v) is 3.43. The minimum atomic E-state index is 0.369. The molecule has 0 aromatic heterocycles. The predicted molar refractivity (Wildman–Crippen MR) is 55.2 cm³/mol. The van der Waals surface area contributed by atoms with Gasteiger partial charge in [-0.1, -0.05) is 13.8 Å². The molecule has 13 heavy (non-hydrogen) atoms. The molecule has 0 bridgehead atoms. The van der Waals surface area contributed by atoms with Gasteiger partial charge in [0, 0.05) is 25.2 Å². The Kier molecular flexibility index (Phi) is 5.48. The lowest BCUT2D eigenvalue weighted by atomic mass is 10.1. The van der Waals surface area contributed by atoms with Gasteiger partial charge in [-0.15, -0.1) is 0 Å². The van der Waals surface area contributed by atoms with Gasteiger partial charge in [0.2, 0.25) is 0 Å². The van der Waals surface area contributed by atoms with E-state index in [2.05, 4.69) is 32.0 Å². The Bertz CT molecular complexity index is 161. The minimum absolute atomic E-state index is 0.369. The van der Waals surface area contributed by atoms with Crippen LogP contribution >= 0.6 is 0 Å². The molecule has 76 valence electrons. The maximum absolute atomic E-state index is 8.78. The fourth-order valence-electron chi connectivity index (χ4n) is 1.78. The molecule has 1 rings (SSSR count). The summed E-state index contributed by atoms with van der Waals surface area (Å²) in [7, 11) is 2.10. The van der Waals surface area contributed by atoms with E-state index in [1.807, 2.05) is 18.7 Å². The van der Waals surface area contributed by atoms with Gasteiger partial charge in [-0.05, 0) is 20.9 Å². The maximum atomic E-state index is 8.78. The highest BCUT2D eigenvalue weighted by molar-refractivity contribution is 4.90. The summed E-state index contributed by atoms with van der Waals surface area (Å²) in [5, 5.41) is 8.78. The monoisotopic (exact) mass is 183 g/mol. The van der Waals surface area contributed by atoms with Crippen LogP contribution in [0.25, 0.3) is 0 Å². The van der Waals surface area contributed by atoms with Crippen molar-refractivity contribution in [2.24, 2.45) is 0 Å². The summed E-state index contributed by atoms with van der Waals surface area (Å²) in [6.45, 7) is 10.2. The molecule has 1 aliphatic rings. The third-order valence-corrected chi connectivity index (χ3v) is 2.22. The van der Waals surface area contributed by atoms with E-state index in [1.54, 1.807) is 0 Å². The van der Waals surface area contributed by atoms with Crippen LogP contribution in [0.1, 0.15) is 27.7 Å². The van der Waals surface area contributed by atoms with Gasteiger partial charge in [-0.3, -0.25) is 0 Å². The van der Waals surface area contributed by atoms with Crippen molar-refractivity contribution in [1.82, 2.24) is 9.80 Å². The molecule has 1 saturated heterocycles. The first-order valence-corrected chi connectivity index (χ1v) is 5.01. The first-order chi connectivity index (χ1) is 6.15. The van der Waals surface area contributed by atoms with Crippen LogP contribution in [0.15, 0.2) is 0 Å². The molecule has 0 spiro atoms. The smallest absolute Gasteiger partial charge is 0.179 e. The number of nitriles is 1. The first kappa shape index (κ1) is 12.2. The lowest BCUT2D eigenvalue weighted by molar-refractivity contribution is 0.102. The van der Waals surface area contributed by atoms with Gasteiger partial charge in [-0.2, -0.15) is 5.26 Å². The van der Waals surface area contributed by atoms with Crippen molar-refractivity contribution in [3.05, 3.63) is 0 Å². The summed E-state index contributed by atoms with van der Waals surface area (Å²) in [6.07, 6.45) is 2.23. The molecule has 0 aliphatic carbocycles. The second kappa shape index (κ2) is 5.82. The van der Waals surface area contributed by atoms with Crippen molar-refractivity contribution in [2.75, 3.05) is 20.1 Å². The quantitative estimate of drug-likeness (QED) is 0.533. The fourth-order valence-corrected chi connectivity index (χ4v) is 1.78. The van der Waals surface area contributed by atoms with Gasteiger partial charge in [-0.25, -0.2) is 0 Å². The molecule has 0 N–H and O–H groups in total. The number of rotatable bonds is 0. The first-order valence-electron chi connectivity index (χ1n) is 5.01. The van der Waals surface area contributed by atoms with E-state index < -0.39 is 0 Å². The number of hydrogen-bond acceptors (Lipinski definition) is 3. The van der Waals surface area contributed by atoms with Crippen LogP contribution in [0.3, 0.4) is 0 Å². The van der Waals surface area contributed by atoms with Crippen LogP contribution in [0.4, 0.5) is 0 Å². The highest BCUT2D eigenvalue weighted by Crippen LogP contribution is 2.12. The van der Waals surface area contributed by atoms with E-state index in [9.17, 15) is 0 Å². The molecule has 0 saturated carbocycles. The third-order valence-electron chi connectivity index (χ3n) is 2.22. The van der Waals surface area contributed by atoms with E-state index in [0.29, 0.717) is 12.1 Å². The lowest BCUT2D eigenvalue weighted by Crippen LogP contribution is -2.53. The van der Waals surface area contributed by atoms with Gasteiger partial charge in [0.05, 0.1) is 0 Å². The Morgan fingerprint density at radius 2 is 1.54 bits per heavy atom. The highest BCUT2D eigenvalue weighted by atomic mass is 15.3. The zero-order valence-corrected chi connectivity index (χ0v) is 9.41. The topological polar surface area (TPSA) is 30.3 Å². The van der Waals surface area contributed by atoms with Crippen LogP contribution < -0.4 is 0 Å². The van der Waals surface area contributed by atoms with Crippen LogP contribution in [0.2, 0.25) is 0 Å². The molecule has 0 unspecified atom stereocenters. The van der Waals surface area contributed by atoms with Crippen molar-refractivity contribution < 1.29 is 0 Å². The van der Waals surface area contributed by atoms with Gasteiger partial charge in [0.1, 0.15) is 0 Å². The molecule has 1 aliphatic heterocycles. The van der Waals surface area contributed by atoms with Gasteiger partial charge in [0.25, 0.3) is 0 Å². The molecule has 2 atom stereocenters. The van der Waals surface area contributed by atoms with Crippen molar-refractivity contribution in [2.45, 2.75) is 39.8 Å². The Morgan fingerprint density at radius 3 is 1.85 bits per heavy atom. The van der Waals surface area contributed by atoms with E-state index in [-0.39, 0.29) is 0 Å². The summed E-state index contributed by atoms with van der Waals surface area (Å²) in [6, 6.07) is 0.738. The Balaban J connectivity index is 0.000000671. The largest absolute Gasteiger partial charge is 0.303 e. The van der Waals surface area contributed by atoms with E-state index >= 15 is 0 Å². The number of likely N-dealkylation sites (N-methyl/N-ethyl adjacent to an activating group) is 1. The summed E-state index contributed by atoms with van der Waals surface area (Å²) >= 11 is 0. The van der Waals surface area contributed by atoms with Crippen LogP contribution in [0, 0.1) is 11.5 Å². The molecule has 3 heteroatoms. The van der Waals surface area contributed by atoms with Crippen molar-refractivity contribution >= 4 is 0 Å². The summed E-state index contributed by atoms with van der Waals surface area (Å²) in [5.74, 6) is 0. The lowest BCUT2D eigenvalue weighted by Gasteiger charge is -2.39. The predicted octanol–water partition coefficient (Wildman–Crippen LogP) is 1.52. The molecule has 0 radical (unpaired) electrons. The van der Waals surface area contributed by atoms with E-state index in [1.165, 1.54) is 0 Å². The average molecular weight is 183 g/mol. The Morgan fingerprint density at radius 1 is 1.15 bits per heavy atom. The molecule has 0 aromatic rings. The zero-order chi connectivity index (χ0) is 10.4. The van der Waals surface area contributed by atoms with Crippen molar-refractivity contribution in [3.63, 3.8) is 0 Å². The highest BCUT2D eigenvalue weighted by Gasteiger charge is 2.25. The van der Waals surface area contributed by atoms with Gasteiger partial charge in [0.15, 0.2) is 6.19 Å². The van der Waals surface area contributed by atoms with E-state index in [0.717, 1.165) is 13.1 Å². The van der Waals surface area contributed by atoms with Crippen molar-refractivity contribution in [1.29, 1.82) is 5.26 Å². The minimum Gasteiger partial charge on any atom is -0.303 e. The SMILES string of the molecule is CC.C[C@@H]1CN(C)C[C@H](C)N1C#N. The average Bonchev–Trinajstić information content (AvgIpc) is 2.07. The normalized spacial score (nSPS) is 28.8. The molecular formula is C10H21N3. The molecule has 3 nitrogen and oxygen atoms in total. The van der Waals surface area contributed by atoms with Crippen LogP contribution in [-0.2, 0) is 0 Å².